The zero-order valence-electron chi connectivity index (χ0n) is 16.0. The summed E-state index contributed by atoms with van der Waals surface area (Å²) in [6.45, 7) is 3.49. The Bertz CT molecular complexity index is 287. The molecule has 3 heteroatoms. The van der Waals surface area contributed by atoms with Crippen molar-refractivity contribution in [2.24, 2.45) is 0 Å². The molecule has 0 spiro atoms. The van der Waals surface area contributed by atoms with Gasteiger partial charge in [0.15, 0.2) is 0 Å². The van der Waals surface area contributed by atoms with Crippen molar-refractivity contribution in [3.8, 4) is 0 Å². The summed E-state index contributed by atoms with van der Waals surface area (Å²) in [5, 5.41) is 0. The van der Waals surface area contributed by atoms with Crippen LogP contribution in [0.15, 0.2) is 0 Å². The quantitative estimate of drug-likeness (QED) is 0.153. The van der Waals surface area contributed by atoms with Crippen LogP contribution in [0.1, 0.15) is 117 Å². The molecule has 0 N–H and O–H groups in total. The monoisotopic (exact) mass is 356 g/mol. The number of unbranched alkanes of at least 4 members (excludes halogenated alkanes) is 14. The molecule has 1 aliphatic heterocycles. The standard InChI is InChI=1S/C21H40O3.CH4/c1-2-3-4-5-6-7-8-9-10-11-12-13-14-15-16-17-21(22)24-19-20-18-23-20;/h20H,2-19H2,1H3;1H4. The molecule has 0 aromatic heterocycles. The molecule has 1 unspecified atom stereocenters. The van der Waals surface area contributed by atoms with Crippen LogP contribution in [0.4, 0.5) is 0 Å². The topological polar surface area (TPSA) is 38.8 Å². The zero-order valence-corrected chi connectivity index (χ0v) is 16.0. The highest BCUT2D eigenvalue weighted by molar-refractivity contribution is 5.69. The minimum atomic E-state index is -0.0554. The second-order valence-electron chi connectivity index (χ2n) is 7.34. The maximum absolute atomic E-state index is 11.4. The zero-order chi connectivity index (χ0) is 17.3. The number of ether oxygens (including phenoxy) is 2. The Morgan fingerprint density at radius 1 is 0.800 bits per heavy atom. The fourth-order valence-electron chi connectivity index (χ4n) is 3.06. The van der Waals surface area contributed by atoms with Crippen molar-refractivity contribution in [3.05, 3.63) is 0 Å². The summed E-state index contributed by atoms with van der Waals surface area (Å²) in [4.78, 5) is 11.4. The van der Waals surface area contributed by atoms with Crippen molar-refractivity contribution in [1.29, 1.82) is 0 Å². The van der Waals surface area contributed by atoms with Crippen LogP contribution in [0, 0.1) is 0 Å². The van der Waals surface area contributed by atoms with E-state index in [0.717, 1.165) is 19.4 Å². The Balaban J connectivity index is 0.00000576. The van der Waals surface area contributed by atoms with Crippen LogP contribution < -0.4 is 0 Å². The van der Waals surface area contributed by atoms with Crippen molar-refractivity contribution in [3.63, 3.8) is 0 Å². The second-order valence-corrected chi connectivity index (χ2v) is 7.34. The molecule has 0 aromatic carbocycles. The van der Waals surface area contributed by atoms with E-state index in [9.17, 15) is 4.79 Å². The minimum Gasteiger partial charge on any atom is -0.463 e. The van der Waals surface area contributed by atoms with Crippen molar-refractivity contribution in [2.45, 2.75) is 123 Å². The van der Waals surface area contributed by atoms with E-state index in [0.29, 0.717) is 13.0 Å². The van der Waals surface area contributed by atoms with Crippen LogP contribution in [-0.4, -0.2) is 25.3 Å². The van der Waals surface area contributed by atoms with Gasteiger partial charge in [0.25, 0.3) is 0 Å². The van der Waals surface area contributed by atoms with Crippen LogP contribution in [0.2, 0.25) is 0 Å². The largest absolute Gasteiger partial charge is 0.463 e. The van der Waals surface area contributed by atoms with Gasteiger partial charge in [-0.1, -0.05) is 104 Å². The molecule has 0 saturated carbocycles. The Morgan fingerprint density at radius 3 is 1.60 bits per heavy atom. The van der Waals surface area contributed by atoms with Gasteiger partial charge in [-0.05, 0) is 6.42 Å². The Hall–Kier alpha value is -0.570. The van der Waals surface area contributed by atoms with E-state index >= 15 is 0 Å². The molecule has 1 fully saturated rings. The van der Waals surface area contributed by atoms with Gasteiger partial charge in [-0.15, -0.1) is 0 Å². The van der Waals surface area contributed by atoms with Crippen LogP contribution in [-0.2, 0) is 14.3 Å². The highest BCUT2D eigenvalue weighted by Gasteiger charge is 2.23. The fraction of sp³-hybridized carbons (Fsp3) is 0.955. The molecule has 1 aliphatic rings. The molecular formula is C22H44O3. The molecule has 1 atom stereocenters. The molecule has 150 valence electrons. The predicted molar refractivity (Wildman–Crippen MR) is 107 cm³/mol. The summed E-state index contributed by atoms with van der Waals surface area (Å²) in [5.74, 6) is -0.0554. The Labute approximate surface area is 157 Å². The van der Waals surface area contributed by atoms with Crippen molar-refractivity contribution in [2.75, 3.05) is 13.2 Å². The van der Waals surface area contributed by atoms with Crippen LogP contribution in [0.25, 0.3) is 0 Å². The van der Waals surface area contributed by atoms with Gasteiger partial charge in [0.1, 0.15) is 12.7 Å². The first kappa shape index (κ1) is 24.4. The molecule has 1 saturated heterocycles. The van der Waals surface area contributed by atoms with E-state index in [2.05, 4.69) is 6.92 Å². The Morgan fingerprint density at radius 2 is 1.20 bits per heavy atom. The first-order valence-corrected chi connectivity index (χ1v) is 10.6. The molecule has 0 bridgehead atoms. The number of hydrogen-bond acceptors (Lipinski definition) is 3. The van der Waals surface area contributed by atoms with E-state index in [-0.39, 0.29) is 19.5 Å². The number of rotatable bonds is 18. The van der Waals surface area contributed by atoms with Gasteiger partial charge >= 0.3 is 5.97 Å². The molecule has 1 rings (SSSR count). The third-order valence-corrected chi connectivity index (χ3v) is 4.82. The highest BCUT2D eigenvalue weighted by atomic mass is 16.6. The molecule has 0 radical (unpaired) electrons. The predicted octanol–water partition coefficient (Wildman–Crippen LogP) is 6.83. The smallest absolute Gasteiger partial charge is 0.305 e. The van der Waals surface area contributed by atoms with Crippen LogP contribution in [0.5, 0.6) is 0 Å². The van der Waals surface area contributed by atoms with E-state index in [1.54, 1.807) is 0 Å². The van der Waals surface area contributed by atoms with E-state index in [4.69, 9.17) is 9.47 Å². The van der Waals surface area contributed by atoms with Gasteiger partial charge in [0.05, 0.1) is 6.61 Å². The first-order chi connectivity index (χ1) is 11.8. The SMILES string of the molecule is C.CCCCCCCCCCCCCCCCCC(=O)OCC1CO1. The van der Waals surface area contributed by atoms with Gasteiger partial charge in [-0.3, -0.25) is 4.79 Å². The maximum atomic E-state index is 11.4. The van der Waals surface area contributed by atoms with Crippen molar-refractivity contribution >= 4 is 5.97 Å². The number of epoxide rings is 1. The van der Waals surface area contributed by atoms with Gasteiger partial charge in [0.2, 0.25) is 0 Å². The molecule has 25 heavy (non-hydrogen) atoms. The summed E-state index contributed by atoms with van der Waals surface area (Å²) >= 11 is 0. The van der Waals surface area contributed by atoms with Gasteiger partial charge in [-0.25, -0.2) is 0 Å². The number of carbonyl (C=O) groups excluding carboxylic acids is 1. The number of esters is 1. The molecule has 0 aliphatic carbocycles. The average molecular weight is 357 g/mol. The third kappa shape index (κ3) is 18.0. The van der Waals surface area contributed by atoms with Crippen LogP contribution >= 0.6 is 0 Å². The second kappa shape index (κ2) is 18.2. The van der Waals surface area contributed by atoms with E-state index < -0.39 is 0 Å². The Kier molecular flexibility index (Phi) is 17.8. The molecular weight excluding hydrogens is 312 g/mol. The minimum absolute atomic E-state index is 0. The summed E-state index contributed by atoms with van der Waals surface area (Å²) in [5.41, 5.74) is 0. The summed E-state index contributed by atoms with van der Waals surface area (Å²) in [6, 6.07) is 0. The van der Waals surface area contributed by atoms with E-state index in [1.165, 1.54) is 83.5 Å². The molecule has 1 heterocycles. The fourth-order valence-corrected chi connectivity index (χ4v) is 3.06. The van der Waals surface area contributed by atoms with Gasteiger partial charge in [-0.2, -0.15) is 0 Å². The highest BCUT2D eigenvalue weighted by Crippen LogP contribution is 2.14. The summed E-state index contributed by atoms with van der Waals surface area (Å²) in [7, 11) is 0. The number of hydrogen-bond donors (Lipinski definition) is 0. The first-order valence-electron chi connectivity index (χ1n) is 10.6. The summed E-state index contributed by atoms with van der Waals surface area (Å²) in [6.07, 6.45) is 21.0. The van der Waals surface area contributed by atoms with E-state index in [1.807, 2.05) is 0 Å². The maximum Gasteiger partial charge on any atom is 0.305 e. The lowest BCUT2D eigenvalue weighted by Crippen LogP contribution is -2.09. The molecule has 0 aromatic rings. The normalized spacial score (nSPS) is 15.6. The summed E-state index contributed by atoms with van der Waals surface area (Å²) < 4.78 is 10.1. The lowest BCUT2D eigenvalue weighted by atomic mass is 10.0. The van der Waals surface area contributed by atoms with Crippen molar-refractivity contribution < 1.29 is 14.3 Å². The lowest BCUT2D eigenvalue weighted by Gasteiger charge is -2.04. The lowest BCUT2D eigenvalue weighted by molar-refractivity contribution is -0.144. The van der Waals surface area contributed by atoms with Crippen molar-refractivity contribution in [1.82, 2.24) is 0 Å². The van der Waals surface area contributed by atoms with Crippen LogP contribution in [0.3, 0.4) is 0 Å². The number of carbonyl (C=O) groups is 1. The third-order valence-electron chi connectivity index (χ3n) is 4.82. The molecule has 0 amide bonds. The van der Waals surface area contributed by atoms with Gasteiger partial charge in [0, 0.05) is 6.42 Å². The average Bonchev–Trinajstić information content (AvgIpc) is 3.41. The molecule has 3 nitrogen and oxygen atoms in total. The van der Waals surface area contributed by atoms with Gasteiger partial charge < -0.3 is 9.47 Å².